The fourth-order valence-corrected chi connectivity index (χ4v) is 5.07. The number of nitrogens with one attached hydrogen (secondary N) is 1. The van der Waals surface area contributed by atoms with Crippen LogP contribution in [0.15, 0.2) is 113 Å². The SMILES string of the molecule is O=S(=O)(Nc1ccccc1Cl)c1ccc(Cl)c(N=Cc2cn(-c3ccccc3)nc2-c2cccnc2)c1. The Morgan fingerprint density at radius 3 is 2.43 bits per heavy atom. The second-order valence-corrected chi connectivity index (χ2v) is 10.4. The normalized spacial score (nSPS) is 11.6. The van der Waals surface area contributed by atoms with Crippen LogP contribution in [0.2, 0.25) is 10.0 Å². The lowest BCUT2D eigenvalue weighted by Crippen LogP contribution is -2.13. The van der Waals surface area contributed by atoms with Crippen molar-refractivity contribution in [3.63, 3.8) is 0 Å². The highest BCUT2D eigenvalue weighted by Crippen LogP contribution is 2.31. The predicted molar refractivity (Wildman–Crippen MR) is 148 cm³/mol. The zero-order chi connectivity index (χ0) is 25.8. The number of anilines is 1. The van der Waals surface area contributed by atoms with Crippen LogP contribution in [-0.2, 0) is 10.0 Å². The Morgan fingerprint density at radius 1 is 0.892 bits per heavy atom. The topological polar surface area (TPSA) is 89.2 Å². The van der Waals surface area contributed by atoms with E-state index in [4.69, 9.17) is 28.3 Å². The number of nitrogens with zero attached hydrogens (tertiary/aromatic N) is 4. The van der Waals surface area contributed by atoms with Gasteiger partial charge in [-0.1, -0.05) is 53.5 Å². The summed E-state index contributed by atoms with van der Waals surface area (Å²) in [7, 11) is -3.93. The lowest BCUT2D eigenvalue weighted by molar-refractivity contribution is 0.601. The third-order valence-corrected chi connectivity index (χ3v) is 7.40. The summed E-state index contributed by atoms with van der Waals surface area (Å²) < 4.78 is 30.3. The van der Waals surface area contributed by atoms with Gasteiger partial charge in [-0.25, -0.2) is 13.1 Å². The molecule has 0 aliphatic heterocycles. The Balaban J connectivity index is 1.51. The van der Waals surface area contributed by atoms with Gasteiger partial charge in [-0.15, -0.1) is 0 Å². The van der Waals surface area contributed by atoms with Crippen LogP contribution in [0, 0.1) is 0 Å². The molecule has 184 valence electrons. The second kappa shape index (κ2) is 10.6. The lowest BCUT2D eigenvalue weighted by atomic mass is 10.1. The largest absolute Gasteiger partial charge is 0.278 e. The molecule has 5 aromatic rings. The second-order valence-electron chi connectivity index (χ2n) is 7.91. The van der Waals surface area contributed by atoms with Crippen LogP contribution in [0.1, 0.15) is 5.56 Å². The summed E-state index contributed by atoms with van der Waals surface area (Å²) in [6.07, 6.45) is 6.85. The van der Waals surface area contributed by atoms with Crippen molar-refractivity contribution in [2.45, 2.75) is 4.90 Å². The number of aromatic nitrogens is 3. The van der Waals surface area contributed by atoms with Gasteiger partial charge in [0.05, 0.1) is 32.0 Å². The van der Waals surface area contributed by atoms with E-state index in [2.05, 4.69) is 14.7 Å². The van der Waals surface area contributed by atoms with Gasteiger partial charge in [-0.2, -0.15) is 5.10 Å². The highest BCUT2D eigenvalue weighted by molar-refractivity contribution is 7.92. The average Bonchev–Trinajstić information content (AvgIpc) is 3.35. The first kappa shape index (κ1) is 24.7. The number of para-hydroxylation sites is 2. The number of hydrogen-bond donors (Lipinski definition) is 1. The zero-order valence-corrected chi connectivity index (χ0v) is 21.5. The minimum atomic E-state index is -3.93. The molecule has 2 aromatic heterocycles. The third kappa shape index (κ3) is 5.56. The number of aliphatic imine (C=N–C) groups is 1. The van der Waals surface area contributed by atoms with E-state index < -0.39 is 10.0 Å². The molecule has 7 nitrogen and oxygen atoms in total. The van der Waals surface area contributed by atoms with Crippen LogP contribution in [0.3, 0.4) is 0 Å². The van der Waals surface area contributed by atoms with E-state index in [1.165, 1.54) is 18.2 Å². The van der Waals surface area contributed by atoms with Gasteiger partial charge in [-0.05, 0) is 54.6 Å². The standard InChI is InChI=1S/C27H19Cl2N5O2S/c28-23-10-4-5-11-25(23)33-37(35,36)22-12-13-24(29)26(15-22)31-17-20-18-34(21-8-2-1-3-9-21)32-27(20)19-7-6-14-30-16-19/h1-18,33H. The van der Waals surface area contributed by atoms with Crippen molar-refractivity contribution < 1.29 is 8.42 Å². The highest BCUT2D eigenvalue weighted by Gasteiger charge is 2.18. The van der Waals surface area contributed by atoms with E-state index in [1.54, 1.807) is 47.6 Å². The third-order valence-electron chi connectivity index (χ3n) is 5.39. The number of halogens is 2. The van der Waals surface area contributed by atoms with Crippen molar-refractivity contribution in [1.82, 2.24) is 14.8 Å². The summed E-state index contributed by atoms with van der Waals surface area (Å²) in [5.74, 6) is 0. The molecule has 0 aliphatic rings. The summed E-state index contributed by atoms with van der Waals surface area (Å²) >= 11 is 12.5. The van der Waals surface area contributed by atoms with E-state index in [1.807, 2.05) is 48.7 Å². The van der Waals surface area contributed by atoms with Gasteiger partial charge in [0, 0.05) is 35.9 Å². The van der Waals surface area contributed by atoms with Crippen LogP contribution in [0.25, 0.3) is 16.9 Å². The molecule has 3 aromatic carbocycles. The van der Waals surface area contributed by atoms with Gasteiger partial charge in [0.2, 0.25) is 0 Å². The van der Waals surface area contributed by atoms with E-state index >= 15 is 0 Å². The molecule has 0 aliphatic carbocycles. The first-order valence-corrected chi connectivity index (χ1v) is 13.3. The van der Waals surface area contributed by atoms with Crippen LogP contribution >= 0.6 is 23.2 Å². The fraction of sp³-hybridized carbons (Fsp3) is 0. The zero-order valence-electron chi connectivity index (χ0n) is 19.2. The minimum Gasteiger partial charge on any atom is -0.278 e. The molecular formula is C27H19Cl2N5O2S. The summed E-state index contributed by atoms with van der Waals surface area (Å²) in [6, 6.07) is 24.3. The molecule has 0 bridgehead atoms. The van der Waals surface area contributed by atoms with Crippen molar-refractivity contribution in [2.24, 2.45) is 4.99 Å². The minimum absolute atomic E-state index is 0.00330. The molecule has 0 saturated heterocycles. The number of rotatable bonds is 7. The monoisotopic (exact) mass is 547 g/mol. The van der Waals surface area contributed by atoms with Crippen molar-refractivity contribution in [3.8, 4) is 16.9 Å². The molecule has 5 rings (SSSR count). The van der Waals surface area contributed by atoms with Gasteiger partial charge in [-0.3, -0.25) is 14.7 Å². The van der Waals surface area contributed by atoms with Gasteiger partial charge in [0.25, 0.3) is 10.0 Å². The van der Waals surface area contributed by atoms with Crippen molar-refractivity contribution in [1.29, 1.82) is 0 Å². The van der Waals surface area contributed by atoms with Crippen LogP contribution in [-0.4, -0.2) is 29.4 Å². The van der Waals surface area contributed by atoms with Gasteiger partial charge >= 0.3 is 0 Å². The Kier molecular flexibility index (Phi) is 7.05. The van der Waals surface area contributed by atoms with Crippen molar-refractivity contribution >= 4 is 50.8 Å². The number of sulfonamides is 1. The molecule has 1 N–H and O–H groups in total. The molecule has 0 unspecified atom stereocenters. The smallest absolute Gasteiger partial charge is 0.262 e. The molecule has 0 saturated carbocycles. The highest BCUT2D eigenvalue weighted by atomic mass is 35.5. The average molecular weight is 548 g/mol. The molecule has 37 heavy (non-hydrogen) atoms. The van der Waals surface area contributed by atoms with Crippen LogP contribution < -0.4 is 4.72 Å². The molecule has 0 atom stereocenters. The molecular weight excluding hydrogens is 529 g/mol. The number of benzene rings is 3. The molecule has 0 amide bonds. The first-order chi connectivity index (χ1) is 17.9. The van der Waals surface area contributed by atoms with Crippen molar-refractivity contribution in [3.05, 3.63) is 119 Å². The van der Waals surface area contributed by atoms with Crippen LogP contribution in [0.4, 0.5) is 11.4 Å². The Hall–Kier alpha value is -3.98. The summed E-state index contributed by atoms with van der Waals surface area (Å²) in [5.41, 5.74) is 3.62. The molecule has 10 heteroatoms. The molecule has 0 fully saturated rings. The fourth-order valence-electron chi connectivity index (χ4n) is 3.57. The van der Waals surface area contributed by atoms with E-state index in [-0.39, 0.29) is 21.3 Å². The summed E-state index contributed by atoms with van der Waals surface area (Å²) in [4.78, 5) is 8.71. The maximum atomic E-state index is 13.0. The Bertz CT molecular complexity index is 1690. The van der Waals surface area contributed by atoms with Gasteiger partial charge in [0.15, 0.2) is 0 Å². The molecule has 0 radical (unpaired) electrons. The first-order valence-electron chi connectivity index (χ1n) is 11.1. The molecule has 0 spiro atoms. The molecule has 2 heterocycles. The van der Waals surface area contributed by atoms with E-state index in [0.29, 0.717) is 16.3 Å². The quantitative estimate of drug-likeness (QED) is 0.227. The maximum absolute atomic E-state index is 13.0. The Labute approximate surface area is 224 Å². The van der Waals surface area contributed by atoms with E-state index in [0.717, 1.165) is 11.3 Å². The van der Waals surface area contributed by atoms with Gasteiger partial charge < -0.3 is 0 Å². The summed E-state index contributed by atoms with van der Waals surface area (Å²) in [6.45, 7) is 0. The lowest BCUT2D eigenvalue weighted by Gasteiger charge is -2.10. The van der Waals surface area contributed by atoms with Gasteiger partial charge in [0.1, 0.15) is 5.69 Å². The Morgan fingerprint density at radius 2 is 1.68 bits per heavy atom. The predicted octanol–water partition coefficient (Wildman–Crippen LogP) is 6.79. The van der Waals surface area contributed by atoms with E-state index in [9.17, 15) is 8.42 Å². The maximum Gasteiger partial charge on any atom is 0.262 e. The van der Waals surface area contributed by atoms with Crippen LogP contribution in [0.5, 0.6) is 0 Å². The summed E-state index contributed by atoms with van der Waals surface area (Å²) in [5, 5.41) is 5.32. The number of pyridine rings is 1. The van der Waals surface area contributed by atoms with Crippen molar-refractivity contribution in [2.75, 3.05) is 4.72 Å². The number of hydrogen-bond acceptors (Lipinski definition) is 5.